The Labute approximate surface area is 118 Å². The van der Waals surface area contributed by atoms with Gasteiger partial charge in [-0.2, -0.15) is 0 Å². The van der Waals surface area contributed by atoms with Gasteiger partial charge in [-0.1, -0.05) is 25.2 Å². The average molecular weight is 277 g/mol. The molecule has 0 spiro atoms. The zero-order valence-corrected chi connectivity index (χ0v) is 12.0. The molecule has 4 heteroatoms. The van der Waals surface area contributed by atoms with Crippen LogP contribution < -0.4 is 0 Å². The van der Waals surface area contributed by atoms with Crippen LogP contribution in [0.15, 0.2) is 12.1 Å². The van der Waals surface area contributed by atoms with E-state index in [0.29, 0.717) is 12.3 Å². The molecule has 1 aliphatic heterocycles. The largest absolute Gasteiger partial charge is 0.395 e. The van der Waals surface area contributed by atoms with Crippen LogP contribution in [0.4, 0.5) is 0 Å². The maximum absolute atomic E-state index is 12.3. The fourth-order valence-electron chi connectivity index (χ4n) is 2.23. The summed E-state index contributed by atoms with van der Waals surface area (Å²) in [6, 6.07) is 3.74. The summed E-state index contributed by atoms with van der Waals surface area (Å²) in [5.74, 6) is 6.64. The molecule has 1 unspecified atom stereocenters. The minimum absolute atomic E-state index is 0.0797. The second-order valence-corrected chi connectivity index (χ2v) is 5.84. The second kappa shape index (κ2) is 6.74. The van der Waals surface area contributed by atoms with Gasteiger partial charge in [-0.3, -0.25) is 4.79 Å². The predicted molar refractivity (Wildman–Crippen MR) is 77.2 cm³/mol. The molecule has 1 aromatic heterocycles. The molecular formula is C15H19NO2S. The van der Waals surface area contributed by atoms with Crippen molar-refractivity contribution in [1.29, 1.82) is 0 Å². The van der Waals surface area contributed by atoms with Crippen LogP contribution in [-0.4, -0.2) is 35.6 Å². The molecule has 1 fully saturated rings. The number of thiophene rings is 1. The Balaban J connectivity index is 1.99. The van der Waals surface area contributed by atoms with Gasteiger partial charge in [-0.15, -0.1) is 11.3 Å². The molecule has 2 heterocycles. The Morgan fingerprint density at radius 3 is 3.11 bits per heavy atom. The third kappa shape index (κ3) is 3.59. The quantitative estimate of drug-likeness (QED) is 0.862. The smallest absolute Gasteiger partial charge is 0.263 e. The fraction of sp³-hybridized carbons (Fsp3) is 0.533. The van der Waals surface area contributed by atoms with Crippen molar-refractivity contribution in [1.82, 2.24) is 4.90 Å². The van der Waals surface area contributed by atoms with Crippen LogP contribution >= 0.6 is 11.3 Å². The van der Waals surface area contributed by atoms with E-state index in [4.69, 9.17) is 5.11 Å². The summed E-state index contributed by atoms with van der Waals surface area (Å²) < 4.78 is 0. The van der Waals surface area contributed by atoms with Gasteiger partial charge in [0, 0.05) is 19.5 Å². The summed E-state index contributed by atoms with van der Waals surface area (Å²) in [6.45, 7) is 4.02. The average Bonchev–Trinajstić information content (AvgIpc) is 3.07. The van der Waals surface area contributed by atoms with E-state index in [1.165, 1.54) is 11.3 Å². The number of hydrogen-bond donors (Lipinski definition) is 1. The van der Waals surface area contributed by atoms with E-state index in [0.717, 1.165) is 35.7 Å². The standard InChI is InChI=1S/C15H19NO2S/c1-2-12-8-9-16(11-12)15(18)14-7-6-13(19-14)5-3-4-10-17/h6-7,12,17H,2,4,8-11H2,1H3. The van der Waals surface area contributed by atoms with Crippen molar-refractivity contribution in [2.75, 3.05) is 19.7 Å². The van der Waals surface area contributed by atoms with Crippen LogP contribution in [0, 0.1) is 17.8 Å². The molecule has 0 saturated carbocycles. The lowest BCUT2D eigenvalue weighted by molar-refractivity contribution is 0.0791. The molecule has 19 heavy (non-hydrogen) atoms. The minimum atomic E-state index is 0.0797. The first-order chi connectivity index (χ1) is 9.24. The van der Waals surface area contributed by atoms with Gasteiger partial charge in [0.2, 0.25) is 0 Å². The van der Waals surface area contributed by atoms with Crippen LogP contribution in [0.2, 0.25) is 0 Å². The first kappa shape index (κ1) is 14.1. The van der Waals surface area contributed by atoms with E-state index >= 15 is 0 Å². The van der Waals surface area contributed by atoms with Gasteiger partial charge in [0.1, 0.15) is 0 Å². The molecule has 102 valence electrons. The first-order valence-corrected chi connectivity index (χ1v) is 7.55. The number of amides is 1. The lowest BCUT2D eigenvalue weighted by Gasteiger charge is -2.14. The topological polar surface area (TPSA) is 40.5 Å². The van der Waals surface area contributed by atoms with E-state index in [-0.39, 0.29) is 12.5 Å². The molecular weight excluding hydrogens is 258 g/mol. The molecule has 0 radical (unpaired) electrons. The highest BCUT2D eigenvalue weighted by Gasteiger charge is 2.26. The van der Waals surface area contributed by atoms with Gasteiger partial charge in [-0.25, -0.2) is 0 Å². The maximum atomic E-state index is 12.3. The highest BCUT2D eigenvalue weighted by molar-refractivity contribution is 7.14. The Bertz CT molecular complexity index is 498. The number of hydrogen-bond acceptors (Lipinski definition) is 3. The third-order valence-electron chi connectivity index (χ3n) is 3.42. The molecule has 1 saturated heterocycles. The van der Waals surface area contributed by atoms with Crippen LogP contribution in [0.3, 0.4) is 0 Å². The van der Waals surface area contributed by atoms with Crippen molar-refractivity contribution in [2.24, 2.45) is 5.92 Å². The van der Waals surface area contributed by atoms with Crippen molar-refractivity contribution in [3.63, 3.8) is 0 Å². The lowest BCUT2D eigenvalue weighted by Crippen LogP contribution is -2.27. The molecule has 1 atom stereocenters. The Morgan fingerprint density at radius 2 is 2.42 bits per heavy atom. The Kier molecular flexibility index (Phi) is 5.00. The lowest BCUT2D eigenvalue weighted by atomic mass is 10.1. The molecule has 1 aromatic rings. The van der Waals surface area contributed by atoms with Gasteiger partial charge in [-0.05, 0) is 24.5 Å². The van der Waals surface area contributed by atoms with E-state index in [1.54, 1.807) is 0 Å². The van der Waals surface area contributed by atoms with Crippen molar-refractivity contribution in [3.8, 4) is 11.8 Å². The van der Waals surface area contributed by atoms with Gasteiger partial charge in [0.15, 0.2) is 0 Å². The van der Waals surface area contributed by atoms with E-state index in [9.17, 15) is 4.79 Å². The number of carbonyl (C=O) groups is 1. The monoisotopic (exact) mass is 277 g/mol. The molecule has 2 rings (SSSR count). The van der Waals surface area contributed by atoms with Crippen LogP contribution in [0.1, 0.15) is 40.7 Å². The molecule has 1 N–H and O–H groups in total. The fourth-order valence-corrected chi connectivity index (χ4v) is 3.08. The summed E-state index contributed by atoms with van der Waals surface area (Å²) in [4.78, 5) is 15.9. The van der Waals surface area contributed by atoms with Crippen molar-refractivity contribution in [3.05, 3.63) is 21.9 Å². The number of carbonyl (C=O) groups excluding carboxylic acids is 1. The summed E-state index contributed by atoms with van der Waals surface area (Å²) in [5.41, 5.74) is 0. The highest BCUT2D eigenvalue weighted by atomic mass is 32.1. The second-order valence-electron chi connectivity index (χ2n) is 4.75. The zero-order chi connectivity index (χ0) is 13.7. The summed E-state index contributed by atoms with van der Waals surface area (Å²) >= 11 is 1.44. The van der Waals surface area contributed by atoms with Crippen LogP contribution in [0.5, 0.6) is 0 Å². The van der Waals surface area contributed by atoms with Gasteiger partial charge in [0.25, 0.3) is 5.91 Å². The summed E-state index contributed by atoms with van der Waals surface area (Å²) in [5, 5.41) is 8.67. The van der Waals surface area contributed by atoms with Gasteiger partial charge >= 0.3 is 0 Å². The van der Waals surface area contributed by atoms with E-state index in [1.807, 2.05) is 17.0 Å². The van der Waals surface area contributed by atoms with E-state index < -0.39 is 0 Å². The van der Waals surface area contributed by atoms with Gasteiger partial charge in [0.05, 0.1) is 16.4 Å². The molecule has 3 nitrogen and oxygen atoms in total. The van der Waals surface area contributed by atoms with Crippen molar-refractivity contribution in [2.45, 2.75) is 26.2 Å². The molecule has 0 aliphatic carbocycles. The number of aliphatic hydroxyl groups excluding tert-OH is 1. The zero-order valence-electron chi connectivity index (χ0n) is 11.2. The van der Waals surface area contributed by atoms with E-state index in [2.05, 4.69) is 18.8 Å². The van der Waals surface area contributed by atoms with Crippen LogP contribution in [0.25, 0.3) is 0 Å². The van der Waals surface area contributed by atoms with Crippen LogP contribution in [-0.2, 0) is 0 Å². The molecule has 0 bridgehead atoms. The SMILES string of the molecule is CCC1CCN(C(=O)c2ccc(C#CCCO)s2)C1. The number of likely N-dealkylation sites (tertiary alicyclic amines) is 1. The molecule has 1 aliphatic rings. The summed E-state index contributed by atoms with van der Waals surface area (Å²) in [7, 11) is 0. The highest BCUT2D eigenvalue weighted by Crippen LogP contribution is 2.24. The number of aliphatic hydroxyl groups is 1. The van der Waals surface area contributed by atoms with Crippen molar-refractivity contribution < 1.29 is 9.90 Å². The normalized spacial score (nSPS) is 18.2. The predicted octanol–water partition coefficient (Wildman–Crippen LogP) is 2.35. The Hall–Kier alpha value is -1.31. The summed E-state index contributed by atoms with van der Waals surface area (Å²) in [6.07, 6.45) is 2.74. The number of rotatable bonds is 3. The molecule has 0 aromatic carbocycles. The third-order valence-corrected chi connectivity index (χ3v) is 4.40. The molecule has 1 amide bonds. The van der Waals surface area contributed by atoms with Gasteiger partial charge < -0.3 is 10.0 Å². The number of nitrogens with zero attached hydrogens (tertiary/aromatic N) is 1. The first-order valence-electron chi connectivity index (χ1n) is 6.73. The maximum Gasteiger partial charge on any atom is 0.263 e. The minimum Gasteiger partial charge on any atom is -0.395 e. The Morgan fingerprint density at radius 1 is 1.58 bits per heavy atom. The van der Waals surface area contributed by atoms with Crippen molar-refractivity contribution >= 4 is 17.2 Å².